The third-order valence-electron chi connectivity index (χ3n) is 5.75. The van der Waals surface area contributed by atoms with E-state index in [0.29, 0.717) is 0 Å². The topological polar surface area (TPSA) is 15.7 Å². The second-order valence-electron chi connectivity index (χ2n) is 7.40. The van der Waals surface area contributed by atoms with Crippen molar-refractivity contribution in [3.05, 3.63) is 23.8 Å². The first-order valence-corrected chi connectivity index (χ1v) is 9.55. The Hall–Kier alpha value is -0.710. The van der Waals surface area contributed by atoms with Gasteiger partial charge in [0.05, 0.1) is 6.61 Å². The van der Waals surface area contributed by atoms with Crippen LogP contribution in [0.2, 0.25) is 0 Å². The molecule has 4 heterocycles. The van der Waals surface area contributed by atoms with Gasteiger partial charge in [-0.25, -0.2) is 4.31 Å². The van der Waals surface area contributed by atoms with Crippen LogP contribution in [0.1, 0.15) is 31.2 Å². The summed E-state index contributed by atoms with van der Waals surface area (Å²) in [7, 11) is 0. The van der Waals surface area contributed by atoms with Gasteiger partial charge in [-0.3, -0.25) is 0 Å². The molecule has 2 bridgehead atoms. The molecule has 0 N–H and O–H groups in total. The van der Waals surface area contributed by atoms with Gasteiger partial charge in [0.25, 0.3) is 0 Å². The smallest absolute Gasteiger partial charge is 0.120 e. The molecule has 0 radical (unpaired) electrons. The SMILES string of the molecule is c1cc2c(cc1OCC1CC1)SN([C@H]1CN3CCC1CC3)C2. The normalized spacial score (nSPS) is 33.9. The van der Waals surface area contributed by atoms with Crippen LogP contribution in [0.4, 0.5) is 0 Å². The van der Waals surface area contributed by atoms with Crippen LogP contribution in [0.15, 0.2) is 23.1 Å². The van der Waals surface area contributed by atoms with E-state index in [1.807, 2.05) is 11.9 Å². The van der Waals surface area contributed by atoms with Crippen molar-refractivity contribution in [1.29, 1.82) is 0 Å². The largest absolute Gasteiger partial charge is 0.493 e. The summed E-state index contributed by atoms with van der Waals surface area (Å²) in [5.41, 5.74) is 1.49. The highest BCUT2D eigenvalue weighted by Crippen LogP contribution is 2.44. The van der Waals surface area contributed by atoms with E-state index < -0.39 is 0 Å². The Kier molecular flexibility index (Phi) is 3.38. The Morgan fingerprint density at radius 1 is 1.14 bits per heavy atom. The maximum absolute atomic E-state index is 5.95. The van der Waals surface area contributed by atoms with E-state index in [-0.39, 0.29) is 0 Å². The first-order valence-electron chi connectivity index (χ1n) is 8.78. The predicted molar refractivity (Wildman–Crippen MR) is 89.0 cm³/mol. The van der Waals surface area contributed by atoms with Gasteiger partial charge in [0, 0.05) is 24.0 Å². The molecule has 1 saturated carbocycles. The second kappa shape index (κ2) is 5.43. The quantitative estimate of drug-likeness (QED) is 0.791. The summed E-state index contributed by atoms with van der Waals surface area (Å²) in [6.45, 7) is 5.94. The van der Waals surface area contributed by atoms with Crippen LogP contribution in [0, 0.1) is 11.8 Å². The van der Waals surface area contributed by atoms with E-state index in [9.17, 15) is 0 Å². The average Bonchev–Trinajstić information content (AvgIpc) is 3.31. The zero-order chi connectivity index (χ0) is 14.5. The number of piperidine rings is 3. The van der Waals surface area contributed by atoms with Crippen LogP contribution in [-0.4, -0.2) is 41.5 Å². The summed E-state index contributed by atoms with van der Waals surface area (Å²) in [5.74, 6) is 2.80. The zero-order valence-electron chi connectivity index (χ0n) is 13.0. The van der Waals surface area contributed by atoms with Crippen molar-refractivity contribution in [3.63, 3.8) is 0 Å². The molecule has 0 unspecified atom stereocenters. The molecular weight excluding hydrogens is 292 g/mol. The molecule has 4 aliphatic heterocycles. The van der Waals surface area contributed by atoms with Gasteiger partial charge in [0.1, 0.15) is 5.75 Å². The average molecular weight is 316 g/mol. The van der Waals surface area contributed by atoms with Gasteiger partial charge in [-0.1, -0.05) is 6.07 Å². The molecule has 4 heteroatoms. The summed E-state index contributed by atoms with van der Waals surface area (Å²) in [6, 6.07) is 7.47. The second-order valence-corrected chi connectivity index (χ2v) is 8.49. The minimum Gasteiger partial charge on any atom is -0.493 e. The summed E-state index contributed by atoms with van der Waals surface area (Å²) in [6.07, 6.45) is 5.50. The van der Waals surface area contributed by atoms with E-state index in [4.69, 9.17) is 4.74 Å². The molecule has 1 aromatic carbocycles. The van der Waals surface area contributed by atoms with E-state index in [2.05, 4.69) is 27.4 Å². The molecular formula is C18H24N2OS. The molecule has 1 atom stereocenters. The number of rotatable bonds is 4. The van der Waals surface area contributed by atoms with Gasteiger partial charge >= 0.3 is 0 Å². The fraction of sp³-hybridized carbons (Fsp3) is 0.667. The van der Waals surface area contributed by atoms with E-state index in [0.717, 1.165) is 36.8 Å². The standard InChI is InChI=1S/C18H24N2OS/c1-2-13(1)12-21-16-4-3-15-10-20(22-18(15)9-16)17-11-19-7-5-14(17)6-8-19/h3-4,9,13-14,17H,1-2,5-8,10-12H2/t17-/m0/s1. The summed E-state index contributed by atoms with van der Waals surface area (Å²) < 4.78 is 8.59. The summed E-state index contributed by atoms with van der Waals surface area (Å²) in [4.78, 5) is 4.07. The van der Waals surface area contributed by atoms with Crippen molar-refractivity contribution < 1.29 is 4.74 Å². The molecule has 3 saturated heterocycles. The Morgan fingerprint density at radius 3 is 2.73 bits per heavy atom. The highest BCUT2D eigenvalue weighted by Gasteiger charge is 2.39. The van der Waals surface area contributed by atoms with Crippen molar-refractivity contribution in [2.24, 2.45) is 11.8 Å². The first-order chi connectivity index (χ1) is 10.8. The predicted octanol–water partition coefficient (Wildman–Crippen LogP) is 3.39. The highest BCUT2D eigenvalue weighted by atomic mass is 32.2. The fourth-order valence-electron chi connectivity index (χ4n) is 4.11. The van der Waals surface area contributed by atoms with Gasteiger partial charge in [-0.05, 0) is 80.3 Å². The molecule has 22 heavy (non-hydrogen) atoms. The Labute approximate surface area is 137 Å². The maximum Gasteiger partial charge on any atom is 0.120 e. The van der Waals surface area contributed by atoms with Crippen LogP contribution in [0.5, 0.6) is 5.75 Å². The van der Waals surface area contributed by atoms with Crippen LogP contribution in [-0.2, 0) is 6.54 Å². The number of hydrogen-bond donors (Lipinski definition) is 0. The fourth-order valence-corrected chi connectivity index (χ4v) is 5.36. The minimum absolute atomic E-state index is 0.746. The highest BCUT2D eigenvalue weighted by molar-refractivity contribution is 7.97. The molecule has 0 amide bonds. The lowest BCUT2D eigenvalue weighted by molar-refractivity contribution is 0.0420. The number of benzene rings is 1. The number of fused-ring (bicyclic) bond motifs is 4. The van der Waals surface area contributed by atoms with Crippen LogP contribution in [0.3, 0.4) is 0 Å². The van der Waals surface area contributed by atoms with Crippen molar-refractivity contribution in [1.82, 2.24) is 9.21 Å². The molecule has 3 nitrogen and oxygen atoms in total. The maximum atomic E-state index is 5.95. The first kappa shape index (κ1) is 13.7. The van der Waals surface area contributed by atoms with Gasteiger partial charge < -0.3 is 9.64 Å². The Morgan fingerprint density at radius 2 is 2.00 bits per heavy atom. The lowest BCUT2D eigenvalue weighted by Gasteiger charge is -2.47. The Bertz CT molecular complexity index is 566. The molecule has 6 rings (SSSR count). The van der Waals surface area contributed by atoms with Crippen molar-refractivity contribution in [2.45, 2.75) is 43.2 Å². The van der Waals surface area contributed by atoms with E-state index in [1.165, 1.54) is 55.8 Å². The third kappa shape index (κ3) is 2.55. The van der Waals surface area contributed by atoms with Gasteiger partial charge in [-0.15, -0.1) is 0 Å². The van der Waals surface area contributed by atoms with Crippen molar-refractivity contribution >= 4 is 11.9 Å². The van der Waals surface area contributed by atoms with Gasteiger partial charge in [0.2, 0.25) is 0 Å². The van der Waals surface area contributed by atoms with Crippen LogP contribution in [0.25, 0.3) is 0 Å². The number of nitrogens with zero attached hydrogens (tertiary/aromatic N) is 2. The van der Waals surface area contributed by atoms with Crippen LogP contribution < -0.4 is 4.74 Å². The van der Waals surface area contributed by atoms with Crippen LogP contribution >= 0.6 is 11.9 Å². The lowest BCUT2D eigenvalue weighted by atomic mass is 9.84. The molecule has 0 aromatic heterocycles. The number of ether oxygens (including phenoxy) is 1. The molecule has 118 valence electrons. The van der Waals surface area contributed by atoms with E-state index >= 15 is 0 Å². The van der Waals surface area contributed by atoms with Gasteiger partial charge in [-0.2, -0.15) is 0 Å². The third-order valence-corrected chi connectivity index (χ3v) is 6.97. The van der Waals surface area contributed by atoms with Crippen molar-refractivity contribution in [2.75, 3.05) is 26.2 Å². The molecule has 1 aromatic rings. The molecule has 5 aliphatic rings. The zero-order valence-corrected chi connectivity index (χ0v) is 13.9. The van der Waals surface area contributed by atoms with Crippen molar-refractivity contribution in [3.8, 4) is 5.75 Å². The van der Waals surface area contributed by atoms with Gasteiger partial charge in [0.15, 0.2) is 0 Å². The Balaban J connectivity index is 1.28. The molecule has 0 spiro atoms. The summed E-state index contributed by atoms with van der Waals surface area (Å²) >= 11 is 1.97. The molecule has 1 aliphatic carbocycles. The number of hydrogen-bond acceptors (Lipinski definition) is 4. The molecule has 4 fully saturated rings. The summed E-state index contributed by atoms with van der Waals surface area (Å²) in [5, 5.41) is 0. The minimum atomic E-state index is 0.746. The lowest BCUT2D eigenvalue weighted by Crippen LogP contribution is -2.54. The monoisotopic (exact) mass is 316 g/mol. The van der Waals surface area contributed by atoms with E-state index in [1.54, 1.807) is 0 Å².